The molecule has 1 atom stereocenters. The number of carbonyl (C=O) groups is 2. The Balaban J connectivity index is 1.37. The van der Waals surface area contributed by atoms with Gasteiger partial charge in [0, 0.05) is 22.3 Å². The highest BCUT2D eigenvalue weighted by atomic mass is 32.2. The van der Waals surface area contributed by atoms with Gasteiger partial charge in [0.25, 0.3) is 5.91 Å². The number of rotatable bonds is 8. The highest BCUT2D eigenvalue weighted by molar-refractivity contribution is 7.98. The van der Waals surface area contributed by atoms with Crippen LogP contribution in [0.25, 0.3) is 0 Å². The quantitative estimate of drug-likeness (QED) is 0.375. The molecule has 33 heavy (non-hydrogen) atoms. The van der Waals surface area contributed by atoms with Crippen molar-refractivity contribution in [2.45, 2.75) is 30.5 Å². The molecule has 0 bridgehead atoms. The lowest BCUT2D eigenvalue weighted by molar-refractivity contribution is -0.119. The molecule has 0 spiro atoms. The summed E-state index contributed by atoms with van der Waals surface area (Å²) in [4.78, 5) is 30.0. The number of hydrogen-bond donors (Lipinski definition) is 2. The third-order valence-corrected chi connectivity index (χ3v) is 5.90. The molecule has 0 fully saturated rings. The molecule has 0 aliphatic heterocycles. The summed E-state index contributed by atoms with van der Waals surface area (Å²) in [6, 6.07) is 15.7. The van der Waals surface area contributed by atoms with Crippen LogP contribution in [-0.2, 0) is 10.5 Å². The van der Waals surface area contributed by atoms with E-state index in [1.807, 2.05) is 31.2 Å². The molecular formula is C23H22N6O3S. The predicted octanol–water partition coefficient (Wildman–Crippen LogP) is 4.32. The summed E-state index contributed by atoms with van der Waals surface area (Å²) >= 11 is 1.51. The molecule has 0 aliphatic rings. The molecule has 168 valence electrons. The van der Waals surface area contributed by atoms with Crippen molar-refractivity contribution in [1.29, 1.82) is 0 Å². The van der Waals surface area contributed by atoms with Gasteiger partial charge in [0.05, 0.1) is 17.0 Å². The van der Waals surface area contributed by atoms with E-state index in [0.29, 0.717) is 22.7 Å². The Morgan fingerprint density at radius 3 is 2.48 bits per heavy atom. The third kappa shape index (κ3) is 5.66. The van der Waals surface area contributed by atoms with E-state index in [4.69, 9.17) is 4.52 Å². The van der Waals surface area contributed by atoms with Gasteiger partial charge in [-0.15, -0.1) is 11.8 Å². The van der Waals surface area contributed by atoms with Crippen molar-refractivity contribution in [3.8, 4) is 0 Å². The van der Waals surface area contributed by atoms with Crippen molar-refractivity contribution in [2.75, 3.05) is 10.6 Å². The van der Waals surface area contributed by atoms with Crippen LogP contribution in [0, 0.1) is 6.92 Å². The zero-order chi connectivity index (χ0) is 23.2. The Morgan fingerprint density at radius 2 is 1.82 bits per heavy atom. The van der Waals surface area contributed by atoms with Crippen molar-refractivity contribution < 1.29 is 14.1 Å². The summed E-state index contributed by atoms with van der Waals surface area (Å²) < 4.78 is 6.72. The molecule has 2 aromatic carbocycles. The molecule has 0 radical (unpaired) electrons. The van der Waals surface area contributed by atoms with Gasteiger partial charge in [-0.25, -0.2) is 9.67 Å². The monoisotopic (exact) mass is 462 g/mol. The van der Waals surface area contributed by atoms with E-state index in [0.717, 1.165) is 16.3 Å². The Kier molecular flexibility index (Phi) is 6.84. The molecule has 0 saturated carbocycles. The van der Waals surface area contributed by atoms with E-state index in [-0.39, 0.29) is 11.8 Å². The number of aryl methyl sites for hydroxylation is 1. The van der Waals surface area contributed by atoms with Gasteiger partial charge in [-0.05, 0) is 50.2 Å². The maximum atomic E-state index is 12.9. The van der Waals surface area contributed by atoms with E-state index in [1.165, 1.54) is 29.1 Å². The normalized spacial score (nSPS) is 11.7. The molecular weight excluding hydrogens is 440 g/mol. The molecule has 2 N–H and O–H groups in total. The minimum atomic E-state index is -0.498. The van der Waals surface area contributed by atoms with Gasteiger partial charge in [0.1, 0.15) is 24.5 Å². The number of amides is 2. The van der Waals surface area contributed by atoms with Gasteiger partial charge in [0.2, 0.25) is 5.91 Å². The van der Waals surface area contributed by atoms with Crippen molar-refractivity contribution in [3.05, 3.63) is 84.3 Å². The number of nitrogens with one attached hydrogen (secondary N) is 2. The fourth-order valence-corrected chi connectivity index (χ4v) is 3.96. The van der Waals surface area contributed by atoms with Crippen LogP contribution in [0.15, 0.2) is 76.7 Å². The standard InChI is InChI=1S/C23H22N6O3S/c1-15-11-19(32-28-15)12-33-21-6-4-3-5-20(21)23(31)27-18-9-7-17(8-10-18)26-22(30)16(2)29-14-24-13-25-29/h3-11,13-14,16H,12H2,1-2H3,(H,26,30)(H,27,31). The highest BCUT2D eigenvalue weighted by Gasteiger charge is 2.16. The van der Waals surface area contributed by atoms with Crippen LogP contribution in [0.2, 0.25) is 0 Å². The second-order valence-corrected chi connectivity index (χ2v) is 8.31. The third-order valence-electron chi connectivity index (χ3n) is 4.80. The highest BCUT2D eigenvalue weighted by Crippen LogP contribution is 2.27. The molecule has 10 heteroatoms. The maximum absolute atomic E-state index is 12.9. The second-order valence-electron chi connectivity index (χ2n) is 7.29. The van der Waals surface area contributed by atoms with Crippen LogP contribution < -0.4 is 10.6 Å². The number of hydrogen-bond acceptors (Lipinski definition) is 7. The van der Waals surface area contributed by atoms with Crippen LogP contribution in [0.3, 0.4) is 0 Å². The summed E-state index contributed by atoms with van der Waals surface area (Å²) in [5, 5.41) is 13.6. The first-order valence-electron chi connectivity index (χ1n) is 10.2. The number of thioether (sulfide) groups is 1. The zero-order valence-corrected chi connectivity index (χ0v) is 18.9. The van der Waals surface area contributed by atoms with Gasteiger partial charge >= 0.3 is 0 Å². The SMILES string of the molecule is Cc1cc(CSc2ccccc2C(=O)Nc2ccc(NC(=O)C(C)n3cncn3)cc2)on1. The molecule has 9 nitrogen and oxygen atoms in total. The second kappa shape index (κ2) is 10.1. The summed E-state index contributed by atoms with van der Waals surface area (Å²) in [7, 11) is 0. The van der Waals surface area contributed by atoms with Gasteiger partial charge in [-0.1, -0.05) is 17.3 Å². The molecule has 1 unspecified atom stereocenters. The van der Waals surface area contributed by atoms with Crippen LogP contribution in [0.4, 0.5) is 11.4 Å². The number of benzene rings is 2. The Bertz CT molecular complexity index is 1240. The molecule has 0 aliphatic carbocycles. The molecule has 4 aromatic rings. The minimum Gasteiger partial charge on any atom is -0.360 e. The minimum absolute atomic E-state index is 0.217. The maximum Gasteiger partial charge on any atom is 0.256 e. The molecule has 2 amide bonds. The lowest BCUT2D eigenvalue weighted by atomic mass is 10.2. The van der Waals surface area contributed by atoms with Crippen LogP contribution in [0.5, 0.6) is 0 Å². The fourth-order valence-electron chi connectivity index (χ4n) is 3.03. The van der Waals surface area contributed by atoms with Crippen molar-refractivity contribution in [1.82, 2.24) is 19.9 Å². The summed E-state index contributed by atoms with van der Waals surface area (Å²) in [5.74, 6) is 0.893. The van der Waals surface area contributed by atoms with E-state index in [1.54, 1.807) is 37.3 Å². The molecule has 0 saturated heterocycles. The Morgan fingerprint density at radius 1 is 1.09 bits per heavy atom. The van der Waals surface area contributed by atoms with Crippen LogP contribution >= 0.6 is 11.8 Å². The Labute approximate surface area is 194 Å². The van der Waals surface area contributed by atoms with Gasteiger partial charge < -0.3 is 15.2 Å². The molecule has 4 rings (SSSR count). The van der Waals surface area contributed by atoms with Crippen molar-refractivity contribution in [2.24, 2.45) is 0 Å². The predicted molar refractivity (Wildman–Crippen MR) is 125 cm³/mol. The van der Waals surface area contributed by atoms with E-state index in [9.17, 15) is 9.59 Å². The first-order valence-corrected chi connectivity index (χ1v) is 11.2. The topological polar surface area (TPSA) is 115 Å². The van der Waals surface area contributed by atoms with E-state index >= 15 is 0 Å². The lowest BCUT2D eigenvalue weighted by Gasteiger charge is -2.13. The lowest BCUT2D eigenvalue weighted by Crippen LogP contribution is -2.24. The van der Waals surface area contributed by atoms with Gasteiger partial charge in [0.15, 0.2) is 0 Å². The number of anilines is 2. The first-order chi connectivity index (χ1) is 16.0. The van der Waals surface area contributed by atoms with Crippen LogP contribution in [-0.4, -0.2) is 31.7 Å². The van der Waals surface area contributed by atoms with Crippen molar-refractivity contribution in [3.63, 3.8) is 0 Å². The Hall–Kier alpha value is -3.92. The van der Waals surface area contributed by atoms with E-state index < -0.39 is 6.04 Å². The van der Waals surface area contributed by atoms with Crippen molar-refractivity contribution >= 4 is 35.0 Å². The number of carbonyl (C=O) groups excluding carboxylic acids is 2. The fraction of sp³-hybridized carbons (Fsp3) is 0.174. The largest absolute Gasteiger partial charge is 0.360 e. The average molecular weight is 463 g/mol. The van der Waals surface area contributed by atoms with Crippen LogP contribution in [0.1, 0.15) is 34.8 Å². The summed E-state index contributed by atoms with van der Waals surface area (Å²) in [6.07, 6.45) is 2.87. The summed E-state index contributed by atoms with van der Waals surface area (Å²) in [5.41, 5.74) is 2.62. The molecule has 2 aromatic heterocycles. The number of aromatic nitrogens is 4. The van der Waals surface area contributed by atoms with E-state index in [2.05, 4.69) is 25.9 Å². The first kappa shape index (κ1) is 22.3. The zero-order valence-electron chi connectivity index (χ0n) is 18.1. The molecule has 2 heterocycles. The summed E-state index contributed by atoms with van der Waals surface area (Å²) in [6.45, 7) is 3.60. The smallest absolute Gasteiger partial charge is 0.256 e. The number of nitrogens with zero attached hydrogens (tertiary/aromatic N) is 4. The average Bonchev–Trinajstić information content (AvgIpc) is 3.50. The van der Waals surface area contributed by atoms with Gasteiger partial charge in [-0.2, -0.15) is 5.10 Å². The van der Waals surface area contributed by atoms with Gasteiger partial charge in [-0.3, -0.25) is 9.59 Å².